The molecule has 0 atom stereocenters. The minimum absolute atomic E-state index is 0.129. The first-order chi connectivity index (χ1) is 12.6. The molecule has 0 aliphatic carbocycles. The van der Waals surface area contributed by atoms with Crippen LogP contribution in [0.2, 0.25) is 0 Å². The monoisotopic (exact) mass is 364 g/mol. The number of hydrogen-bond acceptors (Lipinski definition) is 3. The van der Waals surface area contributed by atoms with E-state index in [-0.39, 0.29) is 6.03 Å². The van der Waals surface area contributed by atoms with Gasteiger partial charge in [-0.2, -0.15) is 0 Å². The van der Waals surface area contributed by atoms with Crippen molar-refractivity contribution < 1.29 is 4.79 Å². The second-order valence-corrected chi connectivity index (χ2v) is 7.33. The van der Waals surface area contributed by atoms with E-state index in [1.54, 1.807) is 25.4 Å². The number of hydrogen-bond donors (Lipinski definition) is 2. The molecule has 2 N–H and O–H groups in total. The molecule has 132 valence electrons. The topological polar surface area (TPSA) is 60.5 Å². The van der Waals surface area contributed by atoms with Gasteiger partial charge in [-0.15, -0.1) is 11.3 Å². The number of carbonyl (C=O) groups is 1. The molecule has 0 bridgehead atoms. The van der Waals surface area contributed by atoms with Gasteiger partial charge in [0.1, 0.15) is 5.49 Å². The number of fused-ring (bicyclic) bond motifs is 1. The predicted molar refractivity (Wildman–Crippen MR) is 106 cm³/mol. The predicted octanol–water partition coefficient (Wildman–Crippen LogP) is 3.06. The summed E-state index contributed by atoms with van der Waals surface area (Å²) in [6.07, 6.45) is 2.91. The Kier molecular flexibility index (Phi) is 4.34. The van der Waals surface area contributed by atoms with Crippen molar-refractivity contribution in [3.8, 4) is 11.1 Å². The summed E-state index contributed by atoms with van der Waals surface area (Å²) in [6.45, 7) is 0.815. The number of amides is 2. The van der Waals surface area contributed by atoms with Gasteiger partial charge in [-0.05, 0) is 52.8 Å². The number of thiophene rings is 1. The second kappa shape index (κ2) is 6.80. The van der Waals surface area contributed by atoms with Crippen LogP contribution in [0.5, 0.6) is 0 Å². The van der Waals surface area contributed by atoms with Crippen LogP contribution in [0, 0.1) is 0 Å². The van der Waals surface area contributed by atoms with Crippen molar-refractivity contribution >= 4 is 28.6 Å². The Hall–Kier alpha value is -2.86. The Morgan fingerprint density at radius 3 is 2.77 bits per heavy atom. The van der Waals surface area contributed by atoms with Gasteiger partial charge in [-0.1, -0.05) is 12.1 Å². The van der Waals surface area contributed by atoms with E-state index in [0.717, 1.165) is 29.7 Å². The summed E-state index contributed by atoms with van der Waals surface area (Å²) in [4.78, 5) is 22.4. The number of urea groups is 1. The number of aromatic nitrogens is 1. The molecule has 4 rings (SSSR count). The maximum Gasteiger partial charge on any atom is 0.321 e. The number of nitrogens with one attached hydrogen (secondary N) is 2. The van der Waals surface area contributed by atoms with Crippen molar-refractivity contribution in [1.29, 1.82) is 0 Å². The van der Waals surface area contributed by atoms with Crippen molar-refractivity contribution in [2.45, 2.75) is 6.42 Å². The van der Waals surface area contributed by atoms with E-state index in [1.165, 1.54) is 26.1 Å². The Morgan fingerprint density at radius 2 is 2.00 bits per heavy atom. The maximum atomic E-state index is 11.8. The smallest absolute Gasteiger partial charge is 0.321 e. The molecule has 0 unspecified atom stereocenters. The quantitative estimate of drug-likeness (QED) is 0.737. The highest BCUT2D eigenvalue weighted by atomic mass is 32.1. The minimum atomic E-state index is -0.129. The van der Waals surface area contributed by atoms with Gasteiger partial charge in [0.05, 0.1) is 0 Å². The van der Waals surface area contributed by atoms with Crippen LogP contribution in [0.25, 0.3) is 16.7 Å². The molecule has 1 aromatic carbocycles. The summed E-state index contributed by atoms with van der Waals surface area (Å²) in [5, 5.41) is 6.21. The van der Waals surface area contributed by atoms with E-state index in [2.05, 4.69) is 44.9 Å². The van der Waals surface area contributed by atoms with E-state index in [1.807, 2.05) is 18.3 Å². The zero-order valence-corrected chi connectivity index (χ0v) is 15.6. The number of aromatic amines is 1. The average Bonchev–Trinajstić information content (AvgIpc) is 3.31. The molecule has 0 saturated heterocycles. The third kappa shape index (κ3) is 3.04. The van der Waals surface area contributed by atoms with Gasteiger partial charge in [-0.3, -0.25) is 4.99 Å². The van der Waals surface area contributed by atoms with Crippen molar-refractivity contribution in [2.24, 2.45) is 4.99 Å². The van der Waals surface area contributed by atoms with Crippen LogP contribution in [-0.2, 0) is 0 Å². The largest absolute Gasteiger partial charge is 0.346 e. The Labute approximate surface area is 155 Å². The normalized spacial score (nSPS) is 13.1. The third-order valence-corrected chi connectivity index (χ3v) is 5.45. The van der Waals surface area contributed by atoms with E-state index in [9.17, 15) is 4.79 Å². The van der Waals surface area contributed by atoms with Gasteiger partial charge in [0.25, 0.3) is 0 Å². The summed E-state index contributed by atoms with van der Waals surface area (Å²) in [6, 6.07) is 12.2. The summed E-state index contributed by atoms with van der Waals surface area (Å²) in [5.41, 5.74) is 5.50. The van der Waals surface area contributed by atoms with Crippen LogP contribution in [0.15, 0.2) is 53.0 Å². The van der Waals surface area contributed by atoms with Gasteiger partial charge in [0.15, 0.2) is 0 Å². The molecular formula is C20H20N4OS. The molecule has 3 aromatic rings. The number of carbonyl (C=O) groups excluding carboxylic acids is 1. The molecule has 0 radical (unpaired) electrons. The minimum Gasteiger partial charge on any atom is -0.346 e. The molecule has 0 spiro atoms. The van der Waals surface area contributed by atoms with E-state index < -0.39 is 0 Å². The standard InChI is InChI=1S/C20H20N4OS/c1-24(2)20(25)23-14-5-3-13(4-6-14)15-9-12-26-18(15)16-7-10-21-19-17(16)8-11-22-19/h3-6,8-9,11-12H,7,10H2,1-2H3,(H,21,22)(H,23,25). The number of anilines is 1. The average molecular weight is 364 g/mol. The van der Waals surface area contributed by atoms with Crippen molar-refractivity contribution in [1.82, 2.24) is 9.88 Å². The van der Waals surface area contributed by atoms with Crippen LogP contribution in [0.1, 0.15) is 11.3 Å². The SMILES string of the molecule is CN(C)C(=O)Nc1ccc(-c2ccsc2C2=c3cc[nH]c3=NCC2)cc1. The highest BCUT2D eigenvalue weighted by Gasteiger charge is 2.15. The zero-order valence-electron chi connectivity index (χ0n) is 14.7. The van der Waals surface area contributed by atoms with Gasteiger partial charge in [0.2, 0.25) is 0 Å². The highest BCUT2D eigenvalue weighted by molar-refractivity contribution is 7.11. The number of rotatable bonds is 3. The van der Waals surface area contributed by atoms with Crippen molar-refractivity contribution in [3.05, 3.63) is 63.6 Å². The van der Waals surface area contributed by atoms with Gasteiger partial charge in [-0.25, -0.2) is 4.79 Å². The van der Waals surface area contributed by atoms with Crippen LogP contribution in [-0.4, -0.2) is 36.6 Å². The van der Waals surface area contributed by atoms with Crippen LogP contribution < -0.4 is 16.0 Å². The van der Waals surface area contributed by atoms with Crippen molar-refractivity contribution in [2.75, 3.05) is 26.0 Å². The molecular weight excluding hydrogens is 344 g/mol. The molecule has 1 aliphatic rings. The van der Waals surface area contributed by atoms with Crippen LogP contribution in [0.4, 0.5) is 10.5 Å². The fourth-order valence-corrected chi connectivity index (χ4v) is 4.13. The first-order valence-electron chi connectivity index (χ1n) is 8.51. The third-order valence-electron chi connectivity index (χ3n) is 4.47. The van der Waals surface area contributed by atoms with Gasteiger partial charge in [0, 0.05) is 42.6 Å². The zero-order chi connectivity index (χ0) is 18.1. The second-order valence-electron chi connectivity index (χ2n) is 6.42. The molecule has 5 nitrogen and oxygen atoms in total. The number of nitrogens with zero attached hydrogens (tertiary/aromatic N) is 2. The molecule has 3 heterocycles. The summed E-state index contributed by atoms with van der Waals surface area (Å²) in [7, 11) is 3.45. The van der Waals surface area contributed by atoms with E-state index >= 15 is 0 Å². The summed E-state index contributed by atoms with van der Waals surface area (Å²) < 4.78 is 0. The van der Waals surface area contributed by atoms with Crippen molar-refractivity contribution in [3.63, 3.8) is 0 Å². The molecule has 0 saturated carbocycles. The fraction of sp³-hybridized carbons (Fsp3) is 0.200. The summed E-state index contributed by atoms with van der Waals surface area (Å²) in [5.74, 6) is 0. The van der Waals surface area contributed by atoms with Gasteiger partial charge < -0.3 is 15.2 Å². The maximum absolute atomic E-state index is 11.8. The molecule has 2 aromatic heterocycles. The lowest BCUT2D eigenvalue weighted by Crippen LogP contribution is -2.29. The van der Waals surface area contributed by atoms with Gasteiger partial charge >= 0.3 is 6.03 Å². The first kappa shape index (κ1) is 16.6. The molecule has 1 aliphatic heterocycles. The first-order valence-corrected chi connectivity index (χ1v) is 9.39. The lowest BCUT2D eigenvalue weighted by molar-refractivity contribution is 0.230. The van der Waals surface area contributed by atoms with Crippen LogP contribution >= 0.6 is 11.3 Å². The number of benzene rings is 1. The molecule has 2 amide bonds. The molecule has 26 heavy (non-hydrogen) atoms. The fourth-order valence-electron chi connectivity index (χ4n) is 3.12. The molecule has 6 heteroatoms. The highest BCUT2D eigenvalue weighted by Crippen LogP contribution is 2.34. The lowest BCUT2D eigenvalue weighted by atomic mass is 9.99. The Bertz CT molecular complexity index is 1060. The van der Waals surface area contributed by atoms with E-state index in [4.69, 9.17) is 0 Å². The van der Waals surface area contributed by atoms with Crippen LogP contribution in [0.3, 0.4) is 0 Å². The number of H-pyrrole nitrogens is 1. The van der Waals surface area contributed by atoms with E-state index in [0.29, 0.717) is 0 Å². The lowest BCUT2D eigenvalue weighted by Gasteiger charge is -2.13. The Balaban J connectivity index is 1.69. The summed E-state index contributed by atoms with van der Waals surface area (Å²) >= 11 is 1.77. The Morgan fingerprint density at radius 1 is 1.19 bits per heavy atom. The molecule has 0 fully saturated rings.